The minimum Gasteiger partial charge on any atom is -0.107 e. The molecule has 0 spiro atoms. The van der Waals surface area contributed by atoms with Gasteiger partial charge in [-0.05, 0) is 27.5 Å². The van der Waals surface area contributed by atoms with E-state index < -0.39 is 0 Å². The predicted octanol–water partition coefficient (Wildman–Crippen LogP) is 2.10. The molecule has 0 bridgehead atoms. The molecule has 0 radical (unpaired) electrons. The standard InChI is InChI=1S/C8H18Si/c1-4-6-9-7-5-8(2)3/h6,8-9H,4-5,7H2,1-3H3. The van der Waals surface area contributed by atoms with Gasteiger partial charge in [-0.15, -0.1) is 5.67 Å². The van der Waals surface area contributed by atoms with E-state index in [0.717, 1.165) is 5.92 Å². The average Bonchev–Trinajstić information content (AvgIpc) is 1.80. The Labute approximate surface area is 61.1 Å². The monoisotopic (exact) mass is 142 g/mol. The normalized spacial score (nSPS) is 11.6. The molecule has 0 atom stereocenters. The zero-order valence-electron chi connectivity index (χ0n) is 6.85. The van der Waals surface area contributed by atoms with E-state index in [1.54, 1.807) is 0 Å². The summed E-state index contributed by atoms with van der Waals surface area (Å²) in [7, 11) is 0.672. The number of hydrogen-bond acceptors (Lipinski definition) is 0. The van der Waals surface area contributed by atoms with Crippen molar-refractivity contribution in [1.29, 1.82) is 0 Å². The van der Waals surface area contributed by atoms with Crippen LogP contribution >= 0.6 is 0 Å². The smallest absolute Gasteiger partial charge is 0.0119 e. The molecule has 0 fully saturated rings. The highest BCUT2D eigenvalue weighted by atomic mass is 28.2. The van der Waals surface area contributed by atoms with Crippen molar-refractivity contribution in [3.8, 4) is 0 Å². The predicted molar refractivity (Wildman–Crippen MR) is 47.8 cm³/mol. The Morgan fingerprint density at radius 3 is 2.56 bits per heavy atom. The minimum atomic E-state index is 0.672. The molecule has 0 saturated heterocycles. The van der Waals surface area contributed by atoms with Crippen LogP contribution in [0.25, 0.3) is 0 Å². The van der Waals surface area contributed by atoms with Crippen LogP contribution in [-0.2, 0) is 0 Å². The lowest BCUT2D eigenvalue weighted by atomic mass is 10.2. The van der Waals surface area contributed by atoms with E-state index >= 15 is 0 Å². The molecule has 0 aliphatic heterocycles. The second-order valence-electron chi connectivity index (χ2n) is 2.85. The van der Waals surface area contributed by atoms with E-state index in [0.29, 0.717) is 9.13 Å². The summed E-state index contributed by atoms with van der Waals surface area (Å²) in [6.45, 7) is 6.82. The summed E-state index contributed by atoms with van der Waals surface area (Å²) in [5.74, 6) is 0.905. The van der Waals surface area contributed by atoms with E-state index in [-0.39, 0.29) is 0 Å². The molecule has 0 aromatic rings. The highest BCUT2D eigenvalue weighted by molar-refractivity contribution is 6.46. The van der Waals surface area contributed by atoms with Crippen LogP contribution in [0.1, 0.15) is 33.6 Å². The lowest BCUT2D eigenvalue weighted by Gasteiger charge is -1.97. The molecular formula is C8H18Si. The first-order chi connectivity index (χ1) is 4.27. The fourth-order valence-electron chi connectivity index (χ4n) is 0.714. The van der Waals surface area contributed by atoms with Gasteiger partial charge in [0.1, 0.15) is 0 Å². The fraction of sp³-hybridized carbons (Fsp3) is 0.875. The van der Waals surface area contributed by atoms with Crippen LogP contribution in [0.5, 0.6) is 0 Å². The second-order valence-corrected chi connectivity index (χ2v) is 4.37. The van der Waals surface area contributed by atoms with E-state index in [1.165, 1.54) is 18.9 Å². The van der Waals surface area contributed by atoms with Crippen LogP contribution in [0.2, 0.25) is 6.04 Å². The van der Waals surface area contributed by atoms with Crippen LogP contribution in [0.4, 0.5) is 0 Å². The highest BCUT2D eigenvalue weighted by Crippen LogP contribution is 2.00. The Morgan fingerprint density at radius 1 is 1.44 bits per heavy atom. The molecule has 0 nitrogen and oxygen atoms in total. The van der Waals surface area contributed by atoms with E-state index in [1.807, 2.05) is 0 Å². The summed E-state index contributed by atoms with van der Waals surface area (Å²) in [4.78, 5) is 0. The summed E-state index contributed by atoms with van der Waals surface area (Å²) >= 11 is 0. The average molecular weight is 142 g/mol. The molecule has 0 saturated carbocycles. The third-order valence-corrected chi connectivity index (χ3v) is 2.78. The first-order valence-electron chi connectivity index (χ1n) is 3.92. The summed E-state index contributed by atoms with van der Waals surface area (Å²) in [5.41, 5.74) is 2.45. The minimum absolute atomic E-state index is 0.672. The maximum atomic E-state index is 2.45. The molecule has 0 heterocycles. The number of hydrogen-bond donors (Lipinski definition) is 0. The number of rotatable bonds is 4. The molecule has 0 aliphatic carbocycles. The van der Waals surface area contributed by atoms with Gasteiger partial charge < -0.3 is 0 Å². The summed E-state index contributed by atoms with van der Waals surface area (Å²) in [6, 6.07) is 1.46. The van der Waals surface area contributed by atoms with E-state index in [9.17, 15) is 0 Å². The largest absolute Gasteiger partial charge is 0.107 e. The second kappa shape index (κ2) is 6.21. The van der Waals surface area contributed by atoms with Gasteiger partial charge in [0, 0.05) is 0 Å². The molecule has 9 heavy (non-hydrogen) atoms. The van der Waals surface area contributed by atoms with Gasteiger partial charge in [-0.1, -0.05) is 27.2 Å². The van der Waals surface area contributed by atoms with Crippen molar-refractivity contribution in [2.75, 3.05) is 0 Å². The van der Waals surface area contributed by atoms with Crippen LogP contribution in [0, 0.1) is 5.92 Å². The SMILES string of the molecule is CCC=[SiH]CCC(C)C. The van der Waals surface area contributed by atoms with Crippen molar-refractivity contribution in [3.63, 3.8) is 0 Å². The van der Waals surface area contributed by atoms with Crippen molar-refractivity contribution in [2.45, 2.75) is 39.7 Å². The lowest BCUT2D eigenvalue weighted by molar-refractivity contribution is 0.625. The third-order valence-electron chi connectivity index (χ3n) is 1.31. The molecule has 54 valence electrons. The molecule has 0 aromatic heterocycles. The topological polar surface area (TPSA) is 0 Å². The summed E-state index contributed by atoms with van der Waals surface area (Å²) in [5, 5.41) is 0. The Kier molecular flexibility index (Phi) is 6.27. The van der Waals surface area contributed by atoms with Gasteiger partial charge in [0.05, 0.1) is 0 Å². The maximum absolute atomic E-state index is 2.45. The lowest BCUT2D eigenvalue weighted by Crippen LogP contribution is -1.89. The molecule has 0 rings (SSSR count). The zero-order chi connectivity index (χ0) is 7.11. The van der Waals surface area contributed by atoms with Crippen LogP contribution in [0.3, 0.4) is 0 Å². The van der Waals surface area contributed by atoms with Crippen molar-refractivity contribution in [1.82, 2.24) is 0 Å². The highest BCUT2D eigenvalue weighted by Gasteiger charge is 1.88. The van der Waals surface area contributed by atoms with Gasteiger partial charge in [0.15, 0.2) is 0 Å². The molecule has 0 N–H and O–H groups in total. The molecular weight excluding hydrogens is 124 g/mol. The summed E-state index contributed by atoms with van der Waals surface area (Å²) < 4.78 is 0. The first kappa shape index (κ1) is 9.09. The maximum Gasteiger partial charge on any atom is -0.0119 e. The molecule has 0 unspecified atom stereocenters. The fourth-order valence-corrected chi connectivity index (χ4v) is 2.14. The molecule has 0 amide bonds. The third kappa shape index (κ3) is 8.09. The van der Waals surface area contributed by atoms with Gasteiger partial charge in [-0.2, -0.15) is 0 Å². The van der Waals surface area contributed by atoms with E-state index in [4.69, 9.17) is 0 Å². The van der Waals surface area contributed by atoms with Crippen molar-refractivity contribution >= 4 is 14.8 Å². The van der Waals surface area contributed by atoms with Crippen LogP contribution < -0.4 is 0 Å². The van der Waals surface area contributed by atoms with Crippen molar-refractivity contribution in [3.05, 3.63) is 0 Å². The van der Waals surface area contributed by atoms with Gasteiger partial charge >= 0.3 is 0 Å². The molecule has 0 aromatic carbocycles. The Hall–Kier alpha value is 0.0869. The Bertz CT molecular complexity index is 74.6. The van der Waals surface area contributed by atoms with Crippen LogP contribution in [0.15, 0.2) is 0 Å². The van der Waals surface area contributed by atoms with Gasteiger partial charge in [-0.3, -0.25) is 0 Å². The first-order valence-corrected chi connectivity index (χ1v) is 5.40. The molecule has 1 heteroatoms. The van der Waals surface area contributed by atoms with Gasteiger partial charge in [0.25, 0.3) is 0 Å². The quantitative estimate of drug-likeness (QED) is 0.527. The van der Waals surface area contributed by atoms with Gasteiger partial charge in [-0.25, -0.2) is 0 Å². The van der Waals surface area contributed by atoms with Crippen LogP contribution in [-0.4, -0.2) is 14.8 Å². The molecule has 0 aliphatic rings. The van der Waals surface area contributed by atoms with E-state index in [2.05, 4.69) is 26.4 Å². The Morgan fingerprint density at radius 2 is 2.11 bits per heavy atom. The Balaban J connectivity index is 2.99. The van der Waals surface area contributed by atoms with Crippen molar-refractivity contribution < 1.29 is 0 Å². The summed E-state index contributed by atoms with van der Waals surface area (Å²) in [6.07, 6.45) is 2.69. The van der Waals surface area contributed by atoms with Crippen molar-refractivity contribution in [2.24, 2.45) is 5.92 Å². The van der Waals surface area contributed by atoms with Gasteiger partial charge in [0.2, 0.25) is 0 Å². The zero-order valence-corrected chi connectivity index (χ0v) is 8.01.